The molecule has 0 aromatic carbocycles. The van der Waals surface area contributed by atoms with Gasteiger partial charge in [0.05, 0.1) is 0 Å². The maximum Gasteiger partial charge on any atom is 0.0346 e. The Labute approximate surface area is 88.4 Å². The third-order valence-electron chi connectivity index (χ3n) is 2.16. The lowest BCUT2D eigenvalue weighted by atomic mass is 10.1. The number of aromatic nitrogens is 1. The van der Waals surface area contributed by atoms with Crippen molar-refractivity contribution in [1.82, 2.24) is 4.98 Å². The summed E-state index contributed by atoms with van der Waals surface area (Å²) in [6, 6.07) is 6.40. The molecule has 2 rings (SSSR count). The molecule has 0 atom stereocenters. The predicted molar refractivity (Wildman–Crippen MR) is 61.5 cm³/mol. The van der Waals surface area contributed by atoms with E-state index in [2.05, 4.69) is 35.5 Å². The van der Waals surface area contributed by atoms with Crippen LogP contribution in [-0.2, 0) is 6.42 Å². The van der Waals surface area contributed by atoms with Crippen LogP contribution in [0.1, 0.15) is 18.9 Å². The molecule has 0 aliphatic heterocycles. The van der Waals surface area contributed by atoms with Crippen molar-refractivity contribution in [2.75, 3.05) is 0 Å². The number of hydrogen-bond acceptors (Lipinski definition) is 2. The molecule has 0 unspecified atom stereocenters. The van der Waals surface area contributed by atoms with Gasteiger partial charge in [-0.1, -0.05) is 13.3 Å². The highest BCUT2D eigenvalue weighted by Crippen LogP contribution is 2.26. The summed E-state index contributed by atoms with van der Waals surface area (Å²) in [6.07, 6.45) is 6.08. The normalized spacial score (nSPS) is 10.4. The first kappa shape index (κ1) is 9.41. The molecule has 2 heteroatoms. The van der Waals surface area contributed by atoms with Crippen molar-refractivity contribution < 1.29 is 0 Å². The zero-order chi connectivity index (χ0) is 9.80. The number of hydrogen-bond donors (Lipinski definition) is 0. The molecule has 0 N–H and O–H groups in total. The summed E-state index contributed by atoms with van der Waals surface area (Å²) in [4.78, 5) is 5.36. The van der Waals surface area contributed by atoms with Crippen LogP contribution in [0.3, 0.4) is 0 Å². The SMILES string of the molecule is CCCc1csc(-c2ccncc2)c1. The Bertz CT molecular complexity index is 392. The van der Waals surface area contributed by atoms with Crippen LogP contribution in [0.15, 0.2) is 36.0 Å². The minimum atomic E-state index is 1.18. The lowest BCUT2D eigenvalue weighted by molar-refractivity contribution is 0.927. The zero-order valence-corrected chi connectivity index (χ0v) is 9.05. The fraction of sp³-hybridized carbons (Fsp3) is 0.250. The van der Waals surface area contributed by atoms with Gasteiger partial charge in [0.1, 0.15) is 0 Å². The van der Waals surface area contributed by atoms with Crippen molar-refractivity contribution in [1.29, 1.82) is 0 Å². The molecule has 14 heavy (non-hydrogen) atoms. The largest absolute Gasteiger partial charge is 0.265 e. The highest BCUT2D eigenvalue weighted by Gasteiger charge is 2.00. The highest BCUT2D eigenvalue weighted by atomic mass is 32.1. The van der Waals surface area contributed by atoms with E-state index >= 15 is 0 Å². The van der Waals surface area contributed by atoms with Crippen molar-refractivity contribution in [2.24, 2.45) is 0 Å². The Kier molecular flexibility index (Phi) is 2.94. The average molecular weight is 203 g/mol. The predicted octanol–water partition coefficient (Wildman–Crippen LogP) is 3.76. The second-order valence-electron chi connectivity index (χ2n) is 3.31. The van der Waals surface area contributed by atoms with Gasteiger partial charge in [0.25, 0.3) is 0 Å². The van der Waals surface area contributed by atoms with Gasteiger partial charge in [0, 0.05) is 17.3 Å². The van der Waals surface area contributed by atoms with Gasteiger partial charge in [0.15, 0.2) is 0 Å². The minimum Gasteiger partial charge on any atom is -0.265 e. The van der Waals surface area contributed by atoms with Gasteiger partial charge < -0.3 is 0 Å². The minimum absolute atomic E-state index is 1.18. The molecule has 0 bridgehead atoms. The summed E-state index contributed by atoms with van der Waals surface area (Å²) in [5, 5.41) is 2.25. The standard InChI is InChI=1S/C12H13NS/c1-2-3-10-8-12(14-9-10)11-4-6-13-7-5-11/h4-9H,2-3H2,1H3. The molecule has 1 nitrogen and oxygen atoms in total. The highest BCUT2D eigenvalue weighted by molar-refractivity contribution is 7.13. The van der Waals surface area contributed by atoms with E-state index in [9.17, 15) is 0 Å². The first-order valence-electron chi connectivity index (χ1n) is 4.88. The molecule has 0 aliphatic rings. The summed E-state index contributed by atoms with van der Waals surface area (Å²) in [5.41, 5.74) is 2.72. The van der Waals surface area contributed by atoms with E-state index in [0.29, 0.717) is 0 Å². The fourth-order valence-electron chi connectivity index (χ4n) is 1.46. The van der Waals surface area contributed by atoms with Crippen LogP contribution in [0.4, 0.5) is 0 Å². The Morgan fingerprint density at radius 1 is 1.29 bits per heavy atom. The van der Waals surface area contributed by atoms with E-state index in [1.165, 1.54) is 28.8 Å². The van der Waals surface area contributed by atoms with Gasteiger partial charge in [-0.3, -0.25) is 4.98 Å². The van der Waals surface area contributed by atoms with Gasteiger partial charge in [0.2, 0.25) is 0 Å². The van der Waals surface area contributed by atoms with Gasteiger partial charge in [-0.15, -0.1) is 11.3 Å². The van der Waals surface area contributed by atoms with Crippen LogP contribution in [-0.4, -0.2) is 4.98 Å². The van der Waals surface area contributed by atoms with Crippen molar-refractivity contribution in [3.05, 3.63) is 41.5 Å². The molecule has 72 valence electrons. The maximum absolute atomic E-state index is 4.02. The summed E-state index contributed by atoms with van der Waals surface area (Å²) in [6.45, 7) is 2.21. The molecular formula is C12H13NS. The van der Waals surface area contributed by atoms with Crippen LogP contribution < -0.4 is 0 Å². The summed E-state index contributed by atoms with van der Waals surface area (Å²) >= 11 is 1.81. The molecule has 0 saturated carbocycles. The Hall–Kier alpha value is -1.15. The van der Waals surface area contributed by atoms with Crippen LogP contribution in [0.5, 0.6) is 0 Å². The van der Waals surface area contributed by atoms with Crippen LogP contribution in [0.2, 0.25) is 0 Å². The van der Waals surface area contributed by atoms with Crippen LogP contribution in [0, 0.1) is 0 Å². The number of thiophene rings is 1. The topological polar surface area (TPSA) is 12.9 Å². The molecule has 2 aromatic heterocycles. The first-order chi connectivity index (χ1) is 6.90. The maximum atomic E-state index is 4.02. The van der Waals surface area contributed by atoms with E-state index in [1.807, 2.05) is 23.7 Å². The van der Waals surface area contributed by atoms with Gasteiger partial charge in [-0.25, -0.2) is 0 Å². The summed E-state index contributed by atoms with van der Waals surface area (Å²) in [5.74, 6) is 0. The number of rotatable bonds is 3. The Morgan fingerprint density at radius 3 is 2.79 bits per heavy atom. The summed E-state index contributed by atoms with van der Waals surface area (Å²) < 4.78 is 0. The molecule has 0 amide bonds. The van der Waals surface area contributed by atoms with Crippen molar-refractivity contribution >= 4 is 11.3 Å². The molecule has 2 aromatic rings. The quantitative estimate of drug-likeness (QED) is 0.740. The second-order valence-corrected chi connectivity index (χ2v) is 4.22. The molecule has 2 heterocycles. The molecule has 0 aliphatic carbocycles. The summed E-state index contributed by atoms with van der Waals surface area (Å²) in [7, 11) is 0. The molecular weight excluding hydrogens is 190 g/mol. The molecule has 0 fully saturated rings. The molecule has 0 radical (unpaired) electrons. The van der Waals surface area contributed by atoms with Gasteiger partial charge in [-0.05, 0) is 41.1 Å². The third kappa shape index (κ3) is 2.02. The van der Waals surface area contributed by atoms with Gasteiger partial charge in [-0.2, -0.15) is 0 Å². The second kappa shape index (κ2) is 4.38. The van der Waals surface area contributed by atoms with Crippen molar-refractivity contribution in [3.63, 3.8) is 0 Å². The number of nitrogens with zero attached hydrogens (tertiary/aromatic N) is 1. The van der Waals surface area contributed by atoms with E-state index in [1.54, 1.807) is 0 Å². The Morgan fingerprint density at radius 2 is 2.07 bits per heavy atom. The van der Waals surface area contributed by atoms with E-state index < -0.39 is 0 Å². The zero-order valence-electron chi connectivity index (χ0n) is 8.23. The lowest BCUT2D eigenvalue weighted by Crippen LogP contribution is -1.76. The van der Waals surface area contributed by atoms with Crippen LogP contribution in [0.25, 0.3) is 10.4 Å². The molecule has 0 saturated heterocycles. The lowest BCUT2D eigenvalue weighted by Gasteiger charge is -1.94. The smallest absolute Gasteiger partial charge is 0.0346 e. The van der Waals surface area contributed by atoms with E-state index in [4.69, 9.17) is 0 Å². The third-order valence-corrected chi connectivity index (χ3v) is 3.19. The number of pyridine rings is 1. The van der Waals surface area contributed by atoms with E-state index in [0.717, 1.165) is 0 Å². The van der Waals surface area contributed by atoms with E-state index in [-0.39, 0.29) is 0 Å². The average Bonchev–Trinajstić information content (AvgIpc) is 2.68. The van der Waals surface area contributed by atoms with Gasteiger partial charge >= 0.3 is 0 Å². The molecule has 0 spiro atoms. The van der Waals surface area contributed by atoms with Crippen molar-refractivity contribution in [2.45, 2.75) is 19.8 Å². The number of aryl methyl sites for hydroxylation is 1. The monoisotopic (exact) mass is 203 g/mol. The van der Waals surface area contributed by atoms with Crippen LogP contribution >= 0.6 is 11.3 Å². The Balaban J connectivity index is 2.25. The van der Waals surface area contributed by atoms with Crippen molar-refractivity contribution in [3.8, 4) is 10.4 Å². The fourth-order valence-corrected chi connectivity index (χ4v) is 2.42. The first-order valence-corrected chi connectivity index (χ1v) is 5.76.